The van der Waals surface area contributed by atoms with E-state index in [0.717, 1.165) is 0 Å². The smallest absolute Gasteiger partial charge is 0.276 e. The first-order valence-electron chi connectivity index (χ1n) is 6.19. The minimum atomic E-state index is -1.75. The van der Waals surface area contributed by atoms with Crippen molar-refractivity contribution in [1.82, 2.24) is 0 Å². The van der Waals surface area contributed by atoms with Crippen LogP contribution >= 0.6 is 11.6 Å². The number of alkyl halides is 1. The fourth-order valence-electron chi connectivity index (χ4n) is 1.97. The van der Waals surface area contributed by atoms with E-state index in [-0.39, 0.29) is 6.61 Å². The number of hydrogen-bond acceptors (Lipinski definition) is 6. The van der Waals surface area contributed by atoms with E-state index >= 15 is 0 Å². The molecule has 0 aromatic heterocycles. The van der Waals surface area contributed by atoms with E-state index in [1.54, 1.807) is 30.3 Å². The molecule has 1 heterocycles. The van der Waals surface area contributed by atoms with Crippen LogP contribution in [0.3, 0.4) is 0 Å². The van der Waals surface area contributed by atoms with Crippen LogP contribution in [0.25, 0.3) is 0 Å². The van der Waals surface area contributed by atoms with Gasteiger partial charge in [0.2, 0.25) is 0 Å². The van der Waals surface area contributed by atoms with Gasteiger partial charge in [-0.3, -0.25) is 0 Å². The first-order valence-corrected chi connectivity index (χ1v) is 6.57. The minimum absolute atomic E-state index is 0.325. The Kier molecular flexibility index (Phi) is 4.98. The van der Waals surface area contributed by atoms with Crippen LogP contribution in [0, 0.1) is 0 Å². The molecular formula is C13H17ClO6. The van der Waals surface area contributed by atoms with Gasteiger partial charge in [-0.2, -0.15) is 0 Å². The standard InChI is InChI=1S/C13H17ClO6/c14-13(8-4-2-1-3-5-8)19-7-9(16)11(17)12(18)10(6-15)20-13/h1-5,9-12,15-18H,6-7H2/t9-,10+,11+,12+,13?/m0/s1. The van der Waals surface area contributed by atoms with Crippen molar-refractivity contribution in [1.29, 1.82) is 0 Å². The highest BCUT2D eigenvalue weighted by atomic mass is 35.5. The zero-order valence-corrected chi connectivity index (χ0v) is 11.3. The second-order valence-electron chi connectivity index (χ2n) is 4.60. The third-order valence-electron chi connectivity index (χ3n) is 3.17. The quantitative estimate of drug-likeness (QED) is 0.551. The van der Waals surface area contributed by atoms with Crippen LogP contribution in [0.2, 0.25) is 0 Å². The minimum Gasteiger partial charge on any atom is -0.394 e. The van der Waals surface area contributed by atoms with Gasteiger partial charge in [-0.1, -0.05) is 41.9 Å². The molecule has 4 N–H and O–H groups in total. The molecule has 0 amide bonds. The molecule has 7 heteroatoms. The van der Waals surface area contributed by atoms with E-state index in [1.807, 2.05) is 0 Å². The Bertz CT molecular complexity index is 430. The van der Waals surface area contributed by atoms with E-state index in [9.17, 15) is 20.4 Å². The number of hydrogen-bond donors (Lipinski definition) is 4. The van der Waals surface area contributed by atoms with Crippen LogP contribution in [0.5, 0.6) is 0 Å². The molecule has 1 fully saturated rings. The van der Waals surface area contributed by atoms with Crippen LogP contribution in [-0.4, -0.2) is 58.1 Å². The zero-order valence-electron chi connectivity index (χ0n) is 10.6. The van der Waals surface area contributed by atoms with Crippen molar-refractivity contribution in [3.05, 3.63) is 35.9 Å². The molecule has 0 aliphatic carbocycles. The van der Waals surface area contributed by atoms with E-state index < -0.39 is 36.3 Å². The molecule has 20 heavy (non-hydrogen) atoms. The van der Waals surface area contributed by atoms with Crippen LogP contribution in [0.15, 0.2) is 30.3 Å². The van der Waals surface area contributed by atoms with Gasteiger partial charge in [0.05, 0.1) is 13.2 Å². The molecule has 5 atom stereocenters. The van der Waals surface area contributed by atoms with Crippen LogP contribution in [0.1, 0.15) is 5.56 Å². The Morgan fingerprint density at radius 3 is 2.40 bits per heavy atom. The summed E-state index contributed by atoms with van der Waals surface area (Å²) in [6.45, 7) is -0.912. The maximum Gasteiger partial charge on any atom is 0.276 e. The molecule has 0 radical (unpaired) electrons. The number of ether oxygens (including phenoxy) is 2. The summed E-state index contributed by atoms with van der Waals surface area (Å²) in [6, 6.07) is 8.53. The summed E-state index contributed by atoms with van der Waals surface area (Å²) in [4.78, 5) is 0. The molecule has 112 valence electrons. The lowest BCUT2D eigenvalue weighted by Crippen LogP contribution is -2.53. The molecule has 1 aliphatic heterocycles. The fraction of sp³-hybridized carbons (Fsp3) is 0.538. The summed E-state index contributed by atoms with van der Waals surface area (Å²) in [5, 5.41) is 36.8. The second-order valence-corrected chi connectivity index (χ2v) is 5.10. The van der Waals surface area contributed by atoms with Gasteiger partial charge >= 0.3 is 0 Å². The summed E-state index contributed by atoms with van der Waals surface area (Å²) < 4.78 is 10.7. The second kappa shape index (κ2) is 6.36. The predicted molar refractivity (Wildman–Crippen MR) is 69.9 cm³/mol. The van der Waals surface area contributed by atoms with Crippen molar-refractivity contribution in [3.63, 3.8) is 0 Å². The van der Waals surface area contributed by atoms with Gasteiger partial charge in [0.1, 0.15) is 24.4 Å². The van der Waals surface area contributed by atoms with Crippen molar-refractivity contribution in [3.8, 4) is 0 Å². The van der Waals surface area contributed by atoms with Crippen molar-refractivity contribution >= 4 is 11.6 Å². The molecule has 1 aromatic rings. The number of benzene rings is 1. The molecule has 1 aliphatic rings. The van der Waals surface area contributed by atoms with Crippen molar-refractivity contribution in [2.75, 3.05) is 13.2 Å². The van der Waals surface area contributed by atoms with Gasteiger partial charge in [-0.25, -0.2) is 0 Å². The normalized spacial score (nSPS) is 39.0. The topological polar surface area (TPSA) is 99.4 Å². The number of aliphatic hydroxyl groups excluding tert-OH is 4. The fourth-order valence-corrected chi connectivity index (χ4v) is 2.27. The lowest BCUT2D eigenvalue weighted by Gasteiger charge is -2.38. The van der Waals surface area contributed by atoms with Crippen molar-refractivity contribution in [2.24, 2.45) is 0 Å². The van der Waals surface area contributed by atoms with Gasteiger partial charge in [0, 0.05) is 5.56 Å². The van der Waals surface area contributed by atoms with Crippen LogP contribution < -0.4 is 0 Å². The maximum atomic E-state index is 9.88. The maximum absolute atomic E-state index is 9.88. The predicted octanol–water partition coefficient (Wildman–Crippen LogP) is -0.474. The van der Waals surface area contributed by atoms with E-state index in [0.29, 0.717) is 5.56 Å². The summed E-state index contributed by atoms with van der Waals surface area (Å²) in [6.07, 6.45) is -5.52. The van der Waals surface area contributed by atoms with E-state index in [1.165, 1.54) is 0 Å². The molecule has 0 spiro atoms. The summed E-state index contributed by atoms with van der Waals surface area (Å²) in [5.74, 6) is 0. The SMILES string of the molecule is OC[C@H]1OC(Cl)(c2ccccc2)OC[C@H](O)[C@@H](O)[C@@H]1O. The molecule has 0 bridgehead atoms. The molecule has 1 aromatic carbocycles. The Hall–Kier alpha value is -0.730. The average Bonchev–Trinajstić information content (AvgIpc) is 2.49. The van der Waals surface area contributed by atoms with Crippen LogP contribution in [0.4, 0.5) is 0 Å². The lowest BCUT2D eigenvalue weighted by atomic mass is 10.0. The molecule has 1 saturated heterocycles. The number of halogens is 1. The van der Waals surface area contributed by atoms with E-state index in [2.05, 4.69) is 0 Å². The number of rotatable bonds is 2. The van der Waals surface area contributed by atoms with Gasteiger partial charge in [-0.15, -0.1) is 0 Å². The van der Waals surface area contributed by atoms with E-state index in [4.69, 9.17) is 21.1 Å². The Morgan fingerprint density at radius 2 is 1.80 bits per heavy atom. The molecular weight excluding hydrogens is 288 g/mol. The highest BCUT2D eigenvalue weighted by Crippen LogP contribution is 2.36. The zero-order chi connectivity index (χ0) is 14.8. The molecule has 0 saturated carbocycles. The van der Waals surface area contributed by atoms with Gasteiger partial charge in [-0.05, 0) is 0 Å². The Labute approximate surface area is 121 Å². The monoisotopic (exact) mass is 304 g/mol. The number of aliphatic hydroxyl groups is 4. The van der Waals surface area contributed by atoms with Gasteiger partial charge in [0.25, 0.3) is 5.25 Å². The Balaban J connectivity index is 2.30. The largest absolute Gasteiger partial charge is 0.394 e. The third-order valence-corrected chi connectivity index (χ3v) is 3.58. The average molecular weight is 305 g/mol. The Morgan fingerprint density at radius 1 is 1.15 bits per heavy atom. The highest BCUT2D eigenvalue weighted by molar-refractivity contribution is 6.22. The highest BCUT2D eigenvalue weighted by Gasteiger charge is 2.43. The van der Waals surface area contributed by atoms with Gasteiger partial charge < -0.3 is 29.9 Å². The van der Waals surface area contributed by atoms with Crippen molar-refractivity contribution in [2.45, 2.75) is 29.7 Å². The lowest BCUT2D eigenvalue weighted by molar-refractivity contribution is -0.279. The van der Waals surface area contributed by atoms with Gasteiger partial charge in [0.15, 0.2) is 0 Å². The third kappa shape index (κ3) is 3.12. The molecule has 6 nitrogen and oxygen atoms in total. The first kappa shape index (κ1) is 15.7. The summed E-state index contributed by atoms with van der Waals surface area (Å²) in [7, 11) is 0. The molecule has 2 rings (SSSR count). The summed E-state index contributed by atoms with van der Waals surface area (Å²) in [5.41, 5.74) is 0.455. The summed E-state index contributed by atoms with van der Waals surface area (Å²) >= 11 is 6.27. The van der Waals surface area contributed by atoms with Crippen molar-refractivity contribution < 1.29 is 29.9 Å². The first-order chi connectivity index (χ1) is 9.48. The van der Waals surface area contributed by atoms with Crippen LogP contribution in [-0.2, 0) is 14.7 Å². The molecule has 1 unspecified atom stereocenters.